The van der Waals surface area contributed by atoms with Crippen LogP contribution in [0.4, 0.5) is 11.4 Å². The molecule has 0 spiro atoms. The number of hydrogen-bond acceptors (Lipinski definition) is 6. The summed E-state index contributed by atoms with van der Waals surface area (Å²) in [7, 11) is 0. The molecule has 0 saturated heterocycles. The molecule has 9 nitrogen and oxygen atoms in total. The molecule has 0 aliphatic carbocycles. The molecule has 9 aromatic carbocycles. The summed E-state index contributed by atoms with van der Waals surface area (Å²) < 4.78 is 2.22. The van der Waals surface area contributed by atoms with Crippen molar-refractivity contribution in [2.24, 2.45) is 0 Å². The molecular weight excluding hydrogens is 919 g/mol. The Bertz CT molecular complexity index is 4140. The smallest absolute Gasteiger partial charge is 0.196 e. The molecule has 0 unspecified atom stereocenters. The second-order valence-corrected chi connectivity index (χ2v) is 17.8. The first-order chi connectivity index (χ1) is 37.0. The van der Waals surface area contributed by atoms with Gasteiger partial charge in [-0.15, -0.1) is 0 Å². The lowest BCUT2D eigenvalue weighted by Crippen LogP contribution is -2.03. The standard InChI is InChI=1S/C66H37N9/c1-69-51-27-29-52(50(34-51)41-68)47-24-30-62-54(35-47)55-36-48(53-28-23-42(40-67)33-61(53)70-2)25-31-63(55)75(62)64-32-26-49(65-71-57(43-15-7-3-8-16-43)38-58(72-65)44-17-9-4-10-18-44)37-56(64)66-73-59(45-19-11-5-12-20-45)39-60(74-66)46-21-13-6-14-22-46/h3-39H. The van der Waals surface area contributed by atoms with Crippen LogP contribution in [-0.4, -0.2) is 24.5 Å². The Morgan fingerprint density at radius 2 is 0.853 bits per heavy atom. The maximum Gasteiger partial charge on any atom is 0.196 e. The van der Waals surface area contributed by atoms with Crippen molar-refractivity contribution in [2.45, 2.75) is 0 Å². The number of aromatic nitrogens is 5. The molecule has 0 bridgehead atoms. The number of fused-ring (bicyclic) bond motifs is 3. The van der Waals surface area contributed by atoms with Gasteiger partial charge in [-0.1, -0.05) is 152 Å². The van der Waals surface area contributed by atoms with Crippen LogP contribution in [0.15, 0.2) is 224 Å². The van der Waals surface area contributed by atoms with Crippen molar-refractivity contribution >= 4 is 33.2 Å². The van der Waals surface area contributed by atoms with Gasteiger partial charge in [-0.2, -0.15) is 10.5 Å². The molecule has 0 radical (unpaired) electrons. The fourth-order valence-corrected chi connectivity index (χ4v) is 9.72. The molecule has 12 rings (SSSR count). The Morgan fingerprint density at radius 1 is 0.373 bits per heavy atom. The molecule has 12 aromatic rings. The molecule has 0 saturated carbocycles. The fraction of sp³-hybridized carbons (Fsp3) is 0. The van der Waals surface area contributed by atoms with Crippen molar-refractivity contribution < 1.29 is 0 Å². The van der Waals surface area contributed by atoms with E-state index in [1.165, 1.54) is 0 Å². The molecule has 0 aliphatic heterocycles. The van der Waals surface area contributed by atoms with Crippen LogP contribution in [-0.2, 0) is 0 Å². The van der Waals surface area contributed by atoms with Gasteiger partial charge in [0, 0.05) is 55.3 Å². The lowest BCUT2D eigenvalue weighted by Gasteiger charge is -2.17. The van der Waals surface area contributed by atoms with Crippen molar-refractivity contribution in [3.63, 3.8) is 0 Å². The van der Waals surface area contributed by atoms with Crippen LogP contribution in [0.25, 0.3) is 127 Å². The van der Waals surface area contributed by atoms with Crippen LogP contribution in [0.3, 0.4) is 0 Å². The normalized spacial score (nSPS) is 10.9. The van der Waals surface area contributed by atoms with Crippen molar-refractivity contribution in [2.75, 3.05) is 0 Å². The van der Waals surface area contributed by atoms with Gasteiger partial charge in [0.2, 0.25) is 0 Å². The molecular formula is C66H37N9. The molecule has 0 amide bonds. The molecule has 0 aliphatic rings. The van der Waals surface area contributed by atoms with Gasteiger partial charge in [-0.05, 0) is 95.1 Å². The van der Waals surface area contributed by atoms with E-state index < -0.39 is 0 Å². The van der Waals surface area contributed by atoms with Crippen molar-refractivity contribution in [3.8, 4) is 108 Å². The van der Waals surface area contributed by atoms with E-state index in [9.17, 15) is 10.5 Å². The van der Waals surface area contributed by atoms with E-state index >= 15 is 0 Å². The van der Waals surface area contributed by atoms with E-state index in [0.717, 1.165) is 89.2 Å². The lowest BCUT2D eigenvalue weighted by molar-refractivity contribution is 1.13. The van der Waals surface area contributed by atoms with Gasteiger partial charge in [0.1, 0.15) is 0 Å². The Morgan fingerprint density at radius 3 is 1.33 bits per heavy atom. The number of rotatable bonds is 9. The van der Waals surface area contributed by atoms with E-state index in [-0.39, 0.29) is 0 Å². The average molecular weight is 956 g/mol. The van der Waals surface area contributed by atoms with E-state index in [1.54, 1.807) is 24.3 Å². The molecule has 3 aromatic heterocycles. The molecule has 3 heterocycles. The number of hydrogen-bond donors (Lipinski definition) is 0. The van der Waals surface area contributed by atoms with Crippen molar-refractivity contribution in [1.29, 1.82) is 10.5 Å². The van der Waals surface area contributed by atoms with E-state index in [1.807, 2.05) is 115 Å². The third kappa shape index (κ3) is 8.48. The maximum atomic E-state index is 10.3. The molecule has 75 heavy (non-hydrogen) atoms. The Hall–Kier alpha value is -11.1. The zero-order valence-electron chi connectivity index (χ0n) is 39.9. The van der Waals surface area contributed by atoms with Gasteiger partial charge in [0.15, 0.2) is 23.0 Å². The molecule has 0 fully saturated rings. The first-order valence-electron chi connectivity index (χ1n) is 24.0. The van der Waals surface area contributed by atoms with Crippen LogP contribution in [0, 0.1) is 35.8 Å². The van der Waals surface area contributed by atoms with Crippen LogP contribution < -0.4 is 0 Å². The summed E-state index contributed by atoms with van der Waals surface area (Å²) in [6, 6.07) is 77.9. The van der Waals surface area contributed by atoms with Gasteiger partial charge in [0.05, 0.1) is 64.8 Å². The molecule has 346 valence electrons. The molecule has 0 atom stereocenters. The summed E-state index contributed by atoms with van der Waals surface area (Å²) in [4.78, 5) is 28.7. The Kier molecular flexibility index (Phi) is 11.6. The third-order valence-corrected chi connectivity index (χ3v) is 13.4. The largest absolute Gasteiger partial charge is 0.308 e. The van der Waals surface area contributed by atoms with Crippen LogP contribution >= 0.6 is 0 Å². The van der Waals surface area contributed by atoms with Gasteiger partial charge in [-0.3, -0.25) is 0 Å². The predicted octanol–water partition coefficient (Wildman–Crippen LogP) is 16.5. The third-order valence-electron chi connectivity index (χ3n) is 13.4. The number of nitriles is 2. The first kappa shape index (κ1) is 45.1. The van der Waals surface area contributed by atoms with Gasteiger partial charge < -0.3 is 4.57 Å². The highest BCUT2D eigenvalue weighted by Crippen LogP contribution is 2.43. The quantitative estimate of drug-likeness (QED) is 0.133. The second kappa shape index (κ2) is 19.2. The summed E-state index contributed by atoms with van der Waals surface area (Å²) in [5.74, 6) is 1.01. The van der Waals surface area contributed by atoms with E-state index in [4.69, 9.17) is 33.1 Å². The molecule has 9 heteroatoms. The highest BCUT2D eigenvalue weighted by molar-refractivity contribution is 6.12. The Balaban J connectivity index is 1.16. The highest BCUT2D eigenvalue weighted by atomic mass is 15.0. The lowest BCUT2D eigenvalue weighted by atomic mass is 9.97. The molecule has 0 N–H and O–H groups in total. The maximum absolute atomic E-state index is 10.3. The zero-order chi connectivity index (χ0) is 50.8. The van der Waals surface area contributed by atoms with Gasteiger partial charge >= 0.3 is 0 Å². The second-order valence-electron chi connectivity index (χ2n) is 17.8. The fourth-order valence-electron chi connectivity index (χ4n) is 9.72. The summed E-state index contributed by atoms with van der Waals surface area (Å²) in [6.07, 6.45) is 0. The van der Waals surface area contributed by atoms with Crippen molar-refractivity contribution in [3.05, 3.63) is 258 Å². The Labute approximate surface area is 432 Å². The SMILES string of the molecule is [C-]#[N+]c1ccc(-c2ccc3c(c2)c2cc(-c4ccc(C#N)cc4[N+]#[C-])ccc2n3-c2ccc(-c3nc(-c4ccccc4)cc(-c4ccccc4)n3)cc2-c2nc(-c3ccccc3)cc(-c3ccccc3)n2)c(C#N)c1. The summed E-state index contributed by atoms with van der Waals surface area (Å²) in [6.45, 7) is 15.7. The minimum Gasteiger partial charge on any atom is -0.308 e. The summed E-state index contributed by atoms with van der Waals surface area (Å²) >= 11 is 0. The minimum absolute atomic E-state index is 0.368. The topological polar surface area (TPSA) is 113 Å². The zero-order valence-corrected chi connectivity index (χ0v) is 39.9. The minimum atomic E-state index is 0.368. The van der Waals surface area contributed by atoms with Gasteiger partial charge in [-0.25, -0.2) is 29.6 Å². The van der Waals surface area contributed by atoms with Crippen molar-refractivity contribution in [1.82, 2.24) is 24.5 Å². The summed E-state index contributed by atoms with van der Waals surface area (Å²) in [5, 5.41) is 21.8. The first-order valence-corrected chi connectivity index (χ1v) is 24.0. The van der Waals surface area contributed by atoms with E-state index in [0.29, 0.717) is 50.8 Å². The van der Waals surface area contributed by atoms with E-state index in [2.05, 4.69) is 111 Å². The highest BCUT2D eigenvalue weighted by Gasteiger charge is 2.23. The van der Waals surface area contributed by atoms with Crippen LogP contribution in [0.2, 0.25) is 0 Å². The van der Waals surface area contributed by atoms with Crippen LogP contribution in [0.5, 0.6) is 0 Å². The number of benzene rings is 9. The summed E-state index contributed by atoms with van der Waals surface area (Å²) in [5.41, 5.74) is 15.3. The predicted molar refractivity (Wildman–Crippen MR) is 297 cm³/mol. The van der Waals surface area contributed by atoms with Gasteiger partial charge in [0.25, 0.3) is 0 Å². The average Bonchev–Trinajstić information content (AvgIpc) is 3.88. The monoisotopic (exact) mass is 955 g/mol. The number of nitrogens with zero attached hydrogens (tertiary/aromatic N) is 9. The van der Waals surface area contributed by atoms with Crippen LogP contribution in [0.1, 0.15) is 11.1 Å².